The van der Waals surface area contributed by atoms with Crippen LogP contribution < -0.4 is 25.3 Å². The molecule has 1 aliphatic carbocycles. The van der Waals surface area contributed by atoms with Crippen molar-refractivity contribution in [2.24, 2.45) is 5.73 Å². The Morgan fingerprint density at radius 2 is 1.73 bits per heavy atom. The number of nitrogens with one attached hydrogen (secondary N) is 1. The van der Waals surface area contributed by atoms with Gasteiger partial charge in [0.05, 0.1) is 32.6 Å². The van der Waals surface area contributed by atoms with E-state index >= 15 is 0 Å². The van der Waals surface area contributed by atoms with Crippen molar-refractivity contribution in [2.75, 3.05) is 26.6 Å². The van der Waals surface area contributed by atoms with E-state index in [4.69, 9.17) is 19.9 Å². The first-order chi connectivity index (χ1) is 15.9. The quantitative estimate of drug-likeness (QED) is 0.561. The van der Waals surface area contributed by atoms with Crippen molar-refractivity contribution in [3.05, 3.63) is 58.9 Å². The van der Waals surface area contributed by atoms with Gasteiger partial charge in [-0.2, -0.15) is 0 Å². The summed E-state index contributed by atoms with van der Waals surface area (Å²) in [6.45, 7) is 1.95. The predicted octanol–water partition coefficient (Wildman–Crippen LogP) is 4.17. The fourth-order valence-corrected chi connectivity index (χ4v) is 4.39. The summed E-state index contributed by atoms with van der Waals surface area (Å²) >= 11 is 0. The SMILES string of the molecule is COc1cc(Nc2cc(-n3cc(C)c4c3CCCC4=O)ccc2C(N)=O)cc(OC)c1OC. The van der Waals surface area contributed by atoms with Crippen LogP contribution in [-0.2, 0) is 6.42 Å². The zero-order valence-electron chi connectivity index (χ0n) is 19.2. The number of rotatable bonds is 7. The molecule has 0 aliphatic heterocycles. The van der Waals surface area contributed by atoms with E-state index < -0.39 is 5.91 Å². The van der Waals surface area contributed by atoms with Crippen LogP contribution in [0.2, 0.25) is 0 Å². The topological polar surface area (TPSA) is 105 Å². The number of fused-ring (bicyclic) bond motifs is 1. The number of aryl methyl sites for hydroxylation is 1. The lowest BCUT2D eigenvalue weighted by Gasteiger charge is -2.18. The number of amides is 1. The second-order valence-corrected chi connectivity index (χ2v) is 7.91. The number of carbonyl (C=O) groups is 2. The lowest BCUT2D eigenvalue weighted by Crippen LogP contribution is -2.15. The first-order valence-corrected chi connectivity index (χ1v) is 10.6. The highest BCUT2D eigenvalue weighted by atomic mass is 16.5. The predicted molar refractivity (Wildman–Crippen MR) is 126 cm³/mol. The lowest BCUT2D eigenvalue weighted by molar-refractivity contribution is 0.0969. The summed E-state index contributed by atoms with van der Waals surface area (Å²) in [7, 11) is 4.61. The van der Waals surface area contributed by atoms with Crippen LogP contribution in [0.1, 0.15) is 44.8 Å². The average molecular weight is 450 g/mol. The molecule has 3 N–H and O–H groups in total. The molecule has 0 saturated carbocycles. The van der Waals surface area contributed by atoms with Crippen molar-refractivity contribution in [3.8, 4) is 22.9 Å². The number of ketones is 1. The molecule has 0 bridgehead atoms. The van der Waals surface area contributed by atoms with E-state index in [1.807, 2.05) is 29.8 Å². The van der Waals surface area contributed by atoms with E-state index in [0.29, 0.717) is 40.6 Å². The number of methoxy groups -OCH3 is 3. The van der Waals surface area contributed by atoms with Gasteiger partial charge in [-0.05, 0) is 43.5 Å². The molecule has 1 amide bonds. The third-order valence-electron chi connectivity index (χ3n) is 5.88. The molecule has 3 aromatic rings. The number of ether oxygens (including phenoxy) is 3. The van der Waals surface area contributed by atoms with Crippen LogP contribution in [0.3, 0.4) is 0 Å². The Hall–Kier alpha value is -3.94. The first-order valence-electron chi connectivity index (χ1n) is 10.6. The molecule has 0 atom stereocenters. The summed E-state index contributed by atoms with van der Waals surface area (Å²) in [5.41, 5.74) is 10.7. The molecule has 33 heavy (non-hydrogen) atoms. The first kappa shape index (κ1) is 22.3. The summed E-state index contributed by atoms with van der Waals surface area (Å²) < 4.78 is 18.3. The van der Waals surface area contributed by atoms with Gasteiger partial charge in [0.15, 0.2) is 17.3 Å². The van der Waals surface area contributed by atoms with Crippen molar-refractivity contribution < 1.29 is 23.8 Å². The minimum absolute atomic E-state index is 0.178. The van der Waals surface area contributed by atoms with Crippen molar-refractivity contribution >= 4 is 23.1 Å². The summed E-state index contributed by atoms with van der Waals surface area (Å²) in [5, 5.41) is 3.26. The maximum absolute atomic E-state index is 12.5. The van der Waals surface area contributed by atoms with Gasteiger partial charge in [0.2, 0.25) is 5.75 Å². The monoisotopic (exact) mass is 449 g/mol. The normalized spacial score (nSPS) is 12.8. The van der Waals surface area contributed by atoms with Crippen LogP contribution in [0.25, 0.3) is 5.69 Å². The minimum atomic E-state index is -0.558. The van der Waals surface area contributed by atoms with Crippen LogP contribution in [-0.4, -0.2) is 37.6 Å². The number of hydrogen-bond acceptors (Lipinski definition) is 6. The maximum Gasteiger partial charge on any atom is 0.250 e. The molecule has 1 heterocycles. The fourth-order valence-electron chi connectivity index (χ4n) is 4.39. The van der Waals surface area contributed by atoms with Gasteiger partial charge in [0, 0.05) is 47.4 Å². The Morgan fingerprint density at radius 3 is 2.33 bits per heavy atom. The number of aromatic nitrogens is 1. The van der Waals surface area contributed by atoms with Gasteiger partial charge in [0.1, 0.15) is 0 Å². The third kappa shape index (κ3) is 4.00. The van der Waals surface area contributed by atoms with Gasteiger partial charge < -0.3 is 29.8 Å². The number of nitrogens with zero attached hydrogens (tertiary/aromatic N) is 1. The van der Waals surface area contributed by atoms with Gasteiger partial charge in [-0.1, -0.05) is 0 Å². The van der Waals surface area contributed by atoms with Crippen molar-refractivity contribution in [3.63, 3.8) is 0 Å². The molecular formula is C25H27N3O5. The third-order valence-corrected chi connectivity index (χ3v) is 5.88. The van der Waals surface area contributed by atoms with E-state index in [1.54, 1.807) is 18.2 Å². The lowest BCUT2D eigenvalue weighted by atomic mass is 9.94. The zero-order valence-corrected chi connectivity index (χ0v) is 19.2. The number of anilines is 2. The molecule has 1 aromatic heterocycles. The standard InChI is InChI=1S/C25H27N3O5/c1-14-13-28(19-6-5-7-20(29)23(14)19)16-8-9-17(25(26)30)18(12-16)27-15-10-21(31-2)24(33-4)22(11-15)32-3/h8-13,27H,5-7H2,1-4H3,(H2,26,30). The zero-order chi connectivity index (χ0) is 23.7. The summed E-state index contributed by atoms with van der Waals surface area (Å²) in [6, 6.07) is 8.87. The number of nitrogens with two attached hydrogens (primary N) is 1. The van der Waals surface area contributed by atoms with Gasteiger partial charge in [-0.3, -0.25) is 9.59 Å². The molecule has 0 spiro atoms. The van der Waals surface area contributed by atoms with Gasteiger partial charge in [0.25, 0.3) is 5.91 Å². The molecule has 0 unspecified atom stereocenters. The summed E-state index contributed by atoms with van der Waals surface area (Å²) in [6.07, 6.45) is 4.19. The van der Waals surface area contributed by atoms with E-state index in [9.17, 15) is 9.59 Å². The second kappa shape index (κ2) is 8.90. The molecule has 0 fully saturated rings. The van der Waals surface area contributed by atoms with E-state index in [-0.39, 0.29) is 5.78 Å². The second-order valence-electron chi connectivity index (χ2n) is 7.91. The summed E-state index contributed by atoms with van der Waals surface area (Å²) in [4.78, 5) is 24.6. The average Bonchev–Trinajstić information content (AvgIpc) is 3.15. The highest BCUT2D eigenvalue weighted by molar-refractivity contribution is 6.01. The maximum atomic E-state index is 12.5. The van der Waals surface area contributed by atoms with Crippen molar-refractivity contribution in [1.29, 1.82) is 0 Å². The van der Waals surface area contributed by atoms with Gasteiger partial charge in [-0.15, -0.1) is 0 Å². The number of benzene rings is 2. The molecule has 172 valence electrons. The van der Waals surface area contributed by atoms with Crippen LogP contribution >= 0.6 is 0 Å². The molecule has 4 rings (SSSR count). The van der Waals surface area contributed by atoms with Gasteiger partial charge >= 0.3 is 0 Å². The number of Topliss-reactive ketones (excluding diaryl/α,β-unsaturated/α-hetero) is 1. The largest absolute Gasteiger partial charge is 0.493 e. The van der Waals surface area contributed by atoms with Crippen LogP contribution in [0.15, 0.2) is 36.5 Å². The molecule has 8 nitrogen and oxygen atoms in total. The van der Waals surface area contributed by atoms with E-state index in [0.717, 1.165) is 35.3 Å². The molecule has 2 aromatic carbocycles. The fraction of sp³-hybridized carbons (Fsp3) is 0.280. The van der Waals surface area contributed by atoms with Crippen LogP contribution in [0.5, 0.6) is 17.2 Å². The highest BCUT2D eigenvalue weighted by Crippen LogP contribution is 2.41. The summed E-state index contributed by atoms with van der Waals surface area (Å²) in [5.74, 6) is 1.04. The number of primary amides is 1. The number of carbonyl (C=O) groups excluding carboxylic acids is 2. The Labute approximate surface area is 192 Å². The van der Waals surface area contributed by atoms with Crippen LogP contribution in [0.4, 0.5) is 11.4 Å². The van der Waals surface area contributed by atoms with Crippen molar-refractivity contribution in [2.45, 2.75) is 26.2 Å². The molecular weight excluding hydrogens is 422 g/mol. The van der Waals surface area contributed by atoms with E-state index in [2.05, 4.69) is 5.32 Å². The molecule has 8 heteroatoms. The van der Waals surface area contributed by atoms with E-state index in [1.165, 1.54) is 21.3 Å². The Bertz CT molecular complexity index is 1220. The van der Waals surface area contributed by atoms with Gasteiger partial charge in [-0.25, -0.2) is 0 Å². The molecule has 0 radical (unpaired) electrons. The molecule has 1 aliphatic rings. The Morgan fingerprint density at radius 1 is 1.03 bits per heavy atom. The van der Waals surface area contributed by atoms with Crippen LogP contribution in [0, 0.1) is 6.92 Å². The minimum Gasteiger partial charge on any atom is -0.493 e. The Balaban J connectivity index is 1.81. The smallest absolute Gasteiger partial charge is 0.250 e. The number of hydrogen-bond donors (Lipinski definition) is 2. The molecule has 0 saturated heterocycles. The Kier molecular flexibility index (Phi) is 6.00. The highest BCUT2D eigenvalue weighted by Gasteiger charge is 2.24. The van der Waals surface area contributed by atoms with Crippen molar-refractivity contribution in [1.82, 2.24) is 4.57 Å².